The lowest BCUT2D eigenvalue weighted by Crippen LogP contribution is -2.23. The molecule has 0 saturated heterocycles. The van der Waals surface area contributed by atoms with Crippen LogP contribution in [-0.2, 0) is 6.42 Å². The minimum atomic E-state index is -0.505. The first-order chi connectivity index (χ1) is 10.1. The van der Waals surface area contributed by atoms with Gasteiger partial charge in [0, 0.05) is 30.2 Å². The van der Waals surface area contributed by atoms with Gasteiger partial charge in [0.2, 0.25) is 0 Å². The average Bonchev–Trinajstić information content (AvgIpc) is 3.14. The van der Waals surface area contributed by atoms with Gasteiger partial charge >= 0.3 is 0 Å². The highest BCUT2D eigenvalue weighted by atomic mass is 32.1. The first-order valence-corrected chi connectivity index (χ1v) is 7.53. The van der Waals surface area contributed by atoms with E-state index in [9.17, 15) is 4.79 Å². The number of nitrogens with zero attached hydrogens (tertiary/aromatic N) is 4. The molecule has 0 aromatic carbocycles. The molecule has 3 aromatic rings. The summed E-state index contributed by atoms with van der Waals surface area (Å²) in [5.74, 6) is 0.187. The number of hydrogen-bond acceptors (Lipinski definition) is 5. The number of hydrogen-bond donors (Lipinski definition) is 2. The molecule has 0 fully saturated rings. The van der Waals surface area contributed by atoms with Crippen LogP contribution in [0.2, 0.25) is 0 Å². The molecular formula is C13H16N6OS. The van der Waals surface area contributed by atoms with E-state index in [4.69, 9.17) is 11.5 Å². The molecule has 21 heavy (non-hydrogen) atoms. The summed E-state index contributed by atoms with van der Waals surface area (Å²) >= 11 is 1.54. The Labute approximate surface area is 125 Å². The summed E-state index contributed by atoms with van der Waals surface area (Å²) in [4.78, 5) is 16.7. The maximum absolute atomic E-state index is 11.2. The SMILES string of the molecule is CCC(N)Cc1c(-n2cc(C(N)=O)cn2)nc2sccn12. The van der Waals surface area contributed by atoms with Gasteiger partial charge in [-0.3, -0.25) is 9.20 Å². The lowest BCUT2D eigenvalue weighted by molar-refractivity contribution is 0.100. The first-order valence-electron chi connectivity index (χ1n) is 6.65. The maximum atomic E-state index is 11.2. The predicted octanol–water partition coefficient (Wildman–Crippen LogP) is 0.960. The first kappa shape index (κ1) is 13.8. The van der Waals surface area contributed by atoms with Gasteiger partial charge in [0.15, 0.2) is 10.8 Å². The summed E-state index contributed by atoms with van der Waals surface area (Å²) in [7, 11) is 0. The molecule has 110 valence electrons. The van der Waals surface area contributed by atoms with E-state index in [2.05, 4.69) is 17.0 Å². The highest BCUT2D eigenvalue weighted by Crippen LogP contribution is 2.22. The normalized spacial score (nSPS) is 12.9. The van der Waals surface area contributed by atoms with Gasteiger partial charge in [-0.2, -0.15) is 10.1 Å². The Morgan fingerprint density at radius 1 is 1.52 bits per heavy atom. The van der Waals surface area contributed by atoms with Crippen LogP contribution in [0.15, 0.2) is 24.0 Å². The second kappa shape index (κ2) is 5.30. The van der Waals surface area contributed by atoms with Gasteiger partial charge in [0.05, 0.1) is 17.5 Å². The summed E-state index contributed by atoms with van der Waals surface area (Å²) in [5.41, 5.74) is 12.7. The van der Waals surface area contributed by atoms with E-state index >= 15 is 0 Å². The zero-order valence-electron chi connectivity index (χ0n) is 11.6. The zero-order valence-corrected chi connectivity index (χ0v) is 12.4. The van der Waals surface area contributed by atoms with Crippen molar-refractivity contribution in [2.24, 2.45) is 11.5 Å². The Bertz CT molecular complexity index is 786. The number of amides is 1. The molecule has 0 bridgehead atoms. The van der Waals surface area contributed by atoms with Crippen molar-refractivity contribution >= 4 is 22.2 Å². The van der Waals surface area contributed by atoms with Crippen molar-refractivity contribution in [3.8, 4) is 5.82 Å². The summed E-state index contributed by atoms with van der Waals surface area (Å²) in [6.07, 6.45) is 6.57. The fourth-order valence-electron chi connectivity index (χ4n) is 2.15. The number of fused-ring (bicyclic) bond motifs is 1. The standard InChI is InChI=1S/C13H16N6OS/c1-2-9(14)5-10-12(17-13-18(10)3-4-21-13)19-7-8(6-16-19)11(15)20/h3-4,6-7,9H,2,5,14H2,1H3,(H2,15,20). The van der Waals surface area contributed by atoms with Crippen molar-refractivity contribution in [1.29, 1.82) is 0 Å². The number of carbonyl (C=O) groups is 1. The van der Waals surface area contributed by atoms with E-state index in [1.807, 2.05) is 16.0 Å². The molecule has 1 amide bonds. The minimum Gasteiger partial charge on any atom is -0.366 e. The average molecular weight is 304 g/mol. The molecule has 3 rings (SSSR count). The zero-order chi connectivity index (χ0) is 15.0. The highest BCUT2D eigenvalue weighted by molar-refractivity contribution is 7.15. The molecule has 0 aliphatic rings. The monoisotopic (exact) mass is 304 g/mol. The van der Waals surface area contributed by atoms with Gasteiger partial charge in [0.1, 0.15) is 0 Å². The number of thiazole rings is 1. The fraction of sp³-hybridized carbons (Fsp3) is 0.308. The van der Waals surface area contributed by atoms with Gasteiger partial charge in [0.25, 0.3) is 5.91 Å². The molecule has 0 spiro atoms. The fourth-order valence-corrected chi connectivity index (χ4v) is 2.88. The second-order valence-electron chi connectivity index (χ2n) is 4.85. The van der Waals surface area contributed by atoms with Crippen molar-refractivity contribution in [3.63, 3.8) is 0 Å². The smallest absolute Gasteiger partial charge is 0.251 e. The molecule has 0 aliphatic heterocycles. The number of primary amides is 1. The third-order valence-electron chi connectivity index (χ3n) is 3.40. The number of carbonyl (C=O) groups excluding carboxylic acids is 1. The molecule has 0 radical (unpaired) electrons. The van der Waals surface area contributed by atoms with E-state index in [1.54, 1.807) is 22.2 Å². The third-order valence-corrected chi connectivity index (χ3v) is 4.16. The summed E-state index contributed by atoms with van der Waals surface area (Å²) in [6, 6.07) is 0.0507. The highest BCUT2D eigenvalue weighted by Gasteiger charge is 2.18. The topological polar surface area (TPSA) is 104 Å². The molecule has 0 saturated carbocycles. The predicted molar refractivity (Wildman–Crippen MR) is 80.7 cm³/mol. The third kappa shape index (κ3) is 2.43. The van der Waals surface area contributed by atoms with Crippen molar-refractivity contribution < 1.29 is 4.79 Å². The van der Waals surface area contributed by atoms with Crippen LogP contribution in [-0.4, -0.2) is 31.1 Å². The van der Waals surface area contributed by atoms with Gasteiger partial charge in [-0.1, -0.05) is 6.92 Å². The molecule has 0 aliphatic carbocycles. The van der Waals surface area contributed by atoms with Crippen LogP contribution in [0.4, 0.5) is 0 Å². The summed E-state index contributed by atoms with van der Waals surface area (Å²) in [5, 5.41) is 6.16. The quantitative estimate of drug-likeness (QED) is 0.732. The van der Waals surface area contributed by atoms with E-state index in [0.29, 0.717) is 17.8 Å². The van der Waals surface area contributed by atoms with E-state index in [-0.39, 0.29) is 6.04 Å². The number of imidazole rings is 1. The molecule has 4 N–H and O–H groups in total. The summed E-state index contributed by atoms with van der Waals surface area (Å²) < 4.78 is 3.60. The molecule has 3 aromatic heterocycles. The molecule has 3 heterocycles. The van der Waals surface area contributed by atoms with Crippen LogP contribution in [0, 0.1) is 0 Å². The molecule has 1 unspecified atom stereocenters. The van der Waals surface area contributed by atoms with Gasteiger partial charge < -0.3 is 11.5 Å². The van der Waals surface area contributed by atoms with Crippen molar-refractivity contribution in [1.82, 2.24) is 19.2 Å². The van der Waals surface area contributed by atoms with Crippen LogP contribution in [0.3, 0.4) is 0 Å². The van der Waals surface area contributed by atoms with Crippen molar-refractivity contribution in [2.75, 3.05) is 0 Å². The summed E-state index contributed by atoms with van der Waals surface area (Å²) in [6.45, 7) is 2.05. The second-order valence-corrected chi connectivity index (χ2v) is 5.72. The van der Waals surface area contributed by atoms with Crippen LogP contribution >= 0.6 is 11.3 Å². The van der Waals surface area contributed by atoms with E-state index in [1.165, 1.54) is 6.20 Å². The van der Waals surface area contributed by atoms with Crippen LogP contribution in [0.5, 0.6) is 0 Å². The number of nitrogens with two attached hydrogens (primary N) is 2. The molecular weight excluding hydrogens is 288 g/mol. The Morgan fingerprint density at radius 3 is 3.00 bits per heavy atom. The lowest BCUT2D eigenvalue weighted by Gasteiger charge is -2.09. The lowest BCUT2D eigenvalue weighted by atomic mass is 10.1. The van der Waals surface area contributed by atoms with Gasteiger partial charge in [-0.05, 0) is 6.42 Å². The van der Waals surface area contributed by atoms with E-state index < -0.39 is 5.91 Å². The Hall–Kier alpha value is -2.19. The van der Waals surface area contributed by atoms with Crippen LogP contribution < -0.4 is 11.5 Å². The van der Waals surface area contributed by atoms with Crippen LogP contribution in [0.1, 0.15) is 29.4 Å². The Balaban J connectivity index is 2.09. The molecule has 1 atom stereocenters. The Morgan fingerprint density at radius 2 is 2.33 bits per heavy atom. The largest absolute Gasteiger partial charge is 0.366 e. The van der Waals surface area contributed by atoms with Gasteiger partial charge in [-0.25, -0.2) is 4.68 Å². The van der Waals surface area contributed by atoms with E-state index in [0.717, 1.165) is 17.1 Å². The van der Waals surface area contributed by atoms with Crippen LogP contribution in [0.25, 0.3) is 10.8 Å². The number of rotatable bonds is 5. The van der Waals surface area contributed by atoms with Crippen molar-refractivity contribution in [2.45, 2.75) is 25.8 Å². The maximum Gasteiger partial charge on any atom is 0.251 e. The van der Waals surface area contributed by atoms with Gasteiger partial charge in [-0.15, -0.1) is 11.3 Å². The molecule has 8 heteroatoms. The van der Waals surface area contributed by atoms with Crippen molar-refractivity contribution in [3.05, 3.63) is 35.2 Å². The number of aromatic nitrogens is 4. The Kier molecular flexibility index (Phi) is 3.48. The molecule has 7 nitrogen and oxygen atoms in total. The minimum absolute atomic E-state index is 0.0507.